The molecule has 0 atom stereocenters. The number of hydrogen-bond acceptors (Lipinski definition) is 5. The molecule has 0 aliphatic carbocycles. The number of aliphatic imine (C=N–C) groups is 1. The summed E-state index contributed by atoms with van der Waals surface area (Å²) in [5.74, 6) is 1.55. The zero-order valence-electron chi connectivity index (χ0n) is 17.5. The normalized spacial score (nSPS) is 11.2. The van der Waals surface area contributed by atoms with E-state index in [0.717, 1.165) is 16.8 Å². The van der Waals surface area contributed by atoms with E-state index in [2.05, 4.69) is 25.6 Å². The zero-order valence-corrected chi connectivity index (χ0v) is 17.5. The molecule has 32 heavy (non-hydrogen) atoms. The van der Waals surface area contributed by atoms with Gasteiger partial charge in [0.25, 0.3) is 0 Å². The van der Waals surface area contributed by atoms with Crippen molar-refractivity contribution in [1.29, 1.82) is 0 Å². The summed E-state index contributed by atoms with van der Waals surface area (Å²) < 4.78 is 24.8. The molecule has 0 saturated carbocycles. The first-order valence-corrected chi connectivity index (χ1v) is 10.0. The third-order valence-corrected chi connectivity index (χ3v) is 4.54. The molecular formula is C24H22FN5O2. The first kappa shape index (κ1) is 21.0. The minimum Gasteiger partial charge on any atom is -0.444 e. The van der Waals surface area contributed by atoms with Crippen molar-refractivity contribution < 1.29 is 13.5 Å². The van der Waals surface area contributed by atoms with Crippen LogP contribution < -0.4 is 15.4 Å². The molecule has 2 aromatic carbocycles. The third kappa shape index (κ3) is 5.48. The number of halogens is 1. The molecule has 0 unspecified atom stereocenters. The molecule has 2 heterocycles. The van der Waals surface area contributed by atoms with Crippen LogP contribution in [0.5, 0.6) is 11.6 Å². The summed E-state index contributed by atoms with van der Waals surface area (Å²) in [5.41, 5.74) is 2.47. The predicted molar refractivity (Wildman–Crippen MR) is 120 cm³/mol. The van der Waals surface area contributed by atoms with Gasteiger partial charge in [-0.2, -0.15) is 0 Å². The number of pyridine rings is 1. The maximum Gasteiger partial charge on any atom is 0.226 e. The number of aromatic nitrogens is 2. The Balaban J connectivity index is 1.35. The molecule has 2 N–H and O–H groups in total. The molecule has 0 aliphatic rings. The molecular weight excluding hydrogens is 409 g/mol. The van der Waals surface area contributed by atoms with Crippen LogP contribution in [-0.2, 0) is 13.1 Å². The minimum absolute atomic E-state index is 0.369. The third-order valence-electron chi connectivity index (χ3n) is 4.54. The smallest absolute Gasteiger partial charge is 0.226 e. The van der Waals surface area contributed by atoms with Crippen molar-refractivity contribution in [3.05, 3.63) is 96.3 Å². The van der Waals surface area contributed by atoms with Crippen LogP contribution in [-0.4, -0.2) is 23.0 Å². The molecule has 0 saturated heterocycles. The Bertz CT molecular complexity index is 1190. The lowest BCUT2D eigenvalue weighted by Gasteiger charge is -2.13. The highest BCUT2D eigenvalue weighted by atomic mass is 19.1. The fourth-order valence-corrected chi connectivity index (χ4v) is 2.97. The van der Waals surface area contributed by atoms with Crippen LogP contribution in [0.4, 0.5) is 4.39 Å². The number of oxazole rings is 1. The van der Waals surface area contributed by atoms with Crippen LogP contribution >= 0.6 is 0 Å². The van der Waals surface area contributed by atoms with Gasteiger partial charge in [0, 0.05) is 37.0 Å². The predicted octanol–water partition coefficient (Wildman–Crippen LogP) is 4.53. The van der Waals surface area contributed by atoms with Crippen molar-refractivity contribution in [2.75, 3.05) is 7.05 Å². The summed E-state index contributed by atoms with van der Waals surface area (Å²) in [6, 6.07) is 19.3. The molecule has 0 fully saturated rings. The number of nitrogens with one attached hydrogen (secondary N) is 2. The van der Waals surface area contributed by atoms with Crippen molar-refractivity contribution >= 4 is 5.96 Å². The van der Waals surface area contributed by atoms with E-state index in [4.69, 9.17) is 9.15 Å². The Morgan fingerprint density at radius 3 is 2.69 bits per heavy atom. The van der Waals surface area contributed by atoms with Gasteiger partial charge in [-0.1, -0.05) is 30.3 Å². The SMILES string of the molecule is CN=C(NCc1coc(-c2ccccc2)n1)NCc1cccnc1Oc1cccc(F)c1. The molecule has 0 amide bonds. The highest BCUT2D eigenvalue weighted by Crippen LogP contribution is 2.23. The highest BCUT2D eigenvalue weighted by molar-refractivity contribution is 5.79. The number of benzene rings is 2. The van der Waals surface area contributed by atoms with Gasteiger partial charge in [0.15, 0.2) is 5.96 Å². The standard InChI is InChI=1S/C24H22FN5O2/c1-26-24(29-15-20-16-31-23(30-20)17-7-3-2-4-8-17)28-14-18-9-6-12-27-22(18)32-21-11-5-10-19(25)13-21/h2-13,16H,14-15H2,1H3,(H2,26,28,29). The quantitative estimate of drug-likeness (QED) is 0.330. The van der Waals surface area contributed by atoms with Gasteiger partial charge in [0.1, 0.15) is 17.8 Å². The topological polar surface area (TPSA) is 84.6 Å². The van der Waals surface area contributed by atoms with Gasteiger partial charge in [0.05, 0.1) is 12.2 Å². The van der Waals surface area contributed by atoms with Gasteiger partial charge >= 0.3 is 0 Å². The summed E-state index contributed by atoms with van der Waals surface area (Å²) >= 11 is 0. The lowest BCUT2D eigenvalue weighted by molar-refractivity contribution is 0.450. The fourth-order valence-electron chi connectivity index (χ4n) is 2.97. The van der Waals surface area contributed by atoms with Gasteiger partial charge in [-0.25, -0.2) is 14.4 Å². The number of rotatable bonds is 7. The Labute approximate surface area is 185 Å². The second kappa shape index (κ2) is 10.2. The van der Waals surface area contributed by atoms with E-state index in [-0.39, 0.29) is 5.82 Å². The lowest BCUT2D eigenvalue weighted by atomic mass is 10.2. The van der Waals surface area contributed by atoms with Crippen molar-refractivity contribution in [3.8, 4) is 23.1 Å². The van der Waals surface area contributed by atoms with Crippen LogP contribution in [0.2, 0.25) is 0 Å². The van der Waals surface area contributed by atoms with Crippen LogP contribution in [0.3, 0.4) is 0 Å². The highest BCUT2D eigenvalue weighted by Gasteiger charge is 2.10. The second-order valence-corrected chi connectivity index (χ2v) is 6.82. The van der Waals surface area contributed by atoms with Crippen molar-refractivity contribution in [2.24, 2.45) is 4.99 Å². The largest absolute Gasteiger partial charge is 0.444 e. The van der Waals surface area contributed by atoms with E-state index in [9.17, 15) is 4.39 Å². The molecule has 2 aromatic heterocycles. The lowest BCUT2D eigenvalue weighted by Crippen LogP contribution is -2.36. The van der Waals surface area contributed by atoms with Gasteiger partial charge in [-0.3, -0.25) is 4.99 Å². The minimum atomic E-state index is -0.369. The van der Waals surface area contributed by atoms with E-state index in [1.165, 1.54) is 12.1 Å². The molecule has 0 spiro atoms. The van der Waals surface area contributed by atoms with E-state index >= 15 is 0 Å². The average molecular weight is 431 g/mol. The first-order valence-electron chi connectivity index (χ1n) is 10.0. The maximum absolute atomic E-state index is 13.4. The van der Waals surface area contributed by atoms with Crippen LogP contribution in [0.1, 0.15) is 11.3 Å². The molecule has 4 rings (SSSR count). The van der Waals surface area contributed by atoms with E-state index in [0.29, 0.717) is 36.6 Å². The second-order valence-electron chi connectivity index (χ2n) is 6.82. The first-order chi connectivity index (χ1) is 15.7. The molecule has 4 aromatic rings. The Hall–Kier alpha value is -4.20. The van der Waals surface area contributed by atoms with Crippen LogP contribution in [0.15, 0.2) is 88.6 Å². The molecule has 0 radical (unpaired) electrons. The van der Waals surface area contributed by atoms with Gasteiger partial charge in [-0.05, 0) is 30.3 Å². The number of nitrogens with zero attached hydrogens (tertiary/aromatic N) is 3. The van der Waals surface area contributed by atoms with Crippen LogP contribution in [0, 0.1) is 5.82 Å². The summed E-state index contributed by atoms with van der Waals surface area (Å²) in [4.78, 5) is 13.0. The molecule has 0 bridgehead atoms. The number of guanidine groups is 1. The van der Waals surface area contributed by atoms with Crippen molar-refractivity contribution in [1.82, 2.24) is 20.6 Å². The summed E-state index contributed by atoms with van der Waals surface area (Å²) in [5, 5.41) is 6.42. The fraction of sp³-hybridized carbons (Fsp3) is 0.125. The Morgan fingerprint density at radius 2 is 1.88 bits per heavy atom. The molecule has 0 aliphatic heterocycles. The van der Waals surface area contributed by atoms with Gasteiger partial charge in [-0.15, -0.1) is 0 Å². The van der Waals surface area contributed by atoms with Gasteiger partial charge < -0.3 is 19.8 Å². The molecule has 8 heteroatoms. The zero-order chi connectivity index (χ0) is 22.2. The van der Waals surface area contributed by atoms with Crippen LogP contribution in [0.25, 0.3) is 11.5 Å². The monoisotopic (exact) mass is 431 g/mol. The number of hydrogen-bond donors (Lipinski definition) is 2. The molecule has 162 valence electrons. The Kier molecular flexibility index (Phi) is 6.72. The number of ether oxygens (including phenoxy) is 1. The Morgan fingerprint density at radius 1 is 1.03 bits per heavy atom. The summed E-state index contributed by atoms with van der Waals surface area (Å²) in [6.45, 7) is 0.849. The van der Waals surface area contributed by atoms with E-state index < -0.39 is 0 Å². The summed E-state index contributed by atoms with van der Waals surface area (Å²) in [6.07, 6.45) is 3.24. The summed E-state index contributed by atoms with van der Waals surface area (Å²) in [7, 11) is 1.68. The average Bonchev–Trinajstić information content (AvgIpc) is 3.30. The van der Waals surface area contributed by atoms with Crippen molar-refractivity contribution in [2.45, 2.75) is 13.1 Å². The maximum atomic E-state index is 13.4. The van der Waals surface area contributed by atoms with E-state index in [1.54, 1.807) is 31.6 Å². The van der Waals surface area contributed by atoms with Gasteiger partial charge in [0.2, 0.25) is 11.8 Å². The van der Waals surface area contributed by atoms with Crippen molar-refractivity contribution in [3.63, 3.8) is 0 Å². The molecule has 7 nitrogen and oxygen atoms in total. The van der Waals surface area contributed by atoms with E-state index in [1.807, 2.05) is 42.5 Å².